The second-order valence-electron chi connectivity index (χ2n) is 5.31. The molecule has 20 heavy (non-hydrogen) atoms. The van der Waals surface area contributed by atoms with Gasteiger partial charge in [0.15, 0.2) is 0 Å². The van der Waals surface area contributed by atoms with Gasteiger partial charge >= 0.3 is 44.7 Å². The van der Waals surface area contributed by atoms with Gasteiger partial charge in [-0.15, -0.1) is 0 Å². The van der Waals surface area contributed by atoms with Crippen molar-refractivity contribution >= 4 is 44.7 Å². The number of likely N-dealkylation sites (N-methyl/N-ethyl adjacent to an activating group) is 3. The molecule has 0 aromatic carbocycles. The molecule has 0 unspecified atom stereocenters. The van der Waals surface area contributed by atoms with E-state index in [1.165, 1.54) is 0 Å². The van der Waals surface area contributed by atoms with Crippen LogP contribution in [0, 0.1) is 0 Å². The van der Waals surface area contributed by atoms with E-state index in [1.807, 2.05) is 42.3 Å². The molecular formula is C12H33AlN3NaO3. The van der Waals surface area contributed by atoms with E-state index in [0.29, 0.717) is 19.8 Å². The Morgan fingerprint density at radius 1 is 0.650 bits per heavy atom. The second kappa shape index (κ2) is 15.2. The van der Waals surface area contributed by atoms with Crippen molar-refractivity contribution in [2.75, 3.05) is 81.7 Å². The van der Waals surface area contributed by atoms with Crippen LogP contribution in [0.15, 0.2) is 0 Å². The van der Waals surface area contributed by atoms with Crippen LogP contribution in [-0.2, 0) is 11.4 Å². The molecule has 0 atom stereocenters. The molecule has 0 aromatic rings. The van der Waals surface area contributed by atoms with Crippen molar-refractivity contribution in [1.29, 1.82) is 0 Å². The summed E-state index contributed by atoms with van der Waals surface area (Å²) in [6.45, 7) is 4.64. The Labute approximate surface area is 153 Å². The average Bonchev–Trinajstić information content (AvgIpc) is 2.26. The molecule has 0 aliphatic carbocycles. The summed E-state index contributed by atoms with van der Waals surface area (Å²) in [5.41, 5.74) is 0. The normalized spacial score (nSPS) is 11.2. The molecule has 118 valence electrons. The summed E-state index contributed by atoms with van der Waals surface area (Å²) < 4.78 is 17.2. The fourth-order valence-electron chi connectivity index (χ4n) is 1.14. The Bertz CT molecular complexity index is 185. The Balaban J connectivity index is -0.00000162. The zero-order chi connectivity index (χ0) is 14.7. The first kappa shape index (κ1) is 23.6. The summed E-state index contributed by atoms with van der Waals surface area (Å²) in [6, 6.07) is 0. The van der Waals surface area contributed by atoms with Gasteiger partial charge in [-0.2, -0.15) is 0 Å². The molecule has 0 rings (SSSR count). The van der Waals surface area contributed by atoms with Gasteiger partial charge in [-0.1, -0.05) is 0 Å². The first-order valence-electron chi connectivity index (χ1n) is 6.71. The fourth-order valence-corrected chi connectivity index (χ4v) is 2.32. The second-order valence-corrected chi connectivity index (χ2v) is 6.89. The van der Waals surface area contributed by atoms with E-state index < -0.39 is 15.1 Å². The van der Waals surface area contributed by atoms with E-state index in [9.17, 15) is 0 Å². The van der Waals surface area contributed by atoms with E-state index in [0.717, 1.165) is 19.6 Å². The van der Waals surface area contributed by atoms with Gasteiger partial charge in [0.2, 0.25) is 0 Å². The van der Waals surface area contributed by atoms with Crippen LogP contribution in [0.1, 0.15) is 1.43 Å². The molecule has 0 spiro atoms. The zero-order valence-electron chi connectivity index (χ0n) is 13.4. The molecule has 0 aliphatic heterocycles. The maximum atomic E-state index is 5.73. The van der Waals surface area contributed by atoms with Gasteiger partial charge in [0.1, 0.15) is 0 Å². The SMILES string of the molecule is CN(C)CC[O][Al]([O]CCN(C)C)[O]CCN(C)C.[HH].[NaH]. The van der Waals surface area contributed by atoms with Crippen molar-refractivity contribution in [3.8, 4) is 0 Å². The van der Waals surface area contributed by atoms with Crippen molar-refractivity contribution in [1.82, 2.24) is 14.7 Å². The third kappa shape index (κ3) is 17.3. The Morgan fingerprint density at radius 2 is 0.900 bits per heavy atom. The third-order valence-corrected chi connectivity index (χ3v) is 3.90. The van der Waals surface area contributed by atoms with Crippen LogP contribution in [0.25, 0.3) is 0 Å². The summed E-state index contributed by atoms with van der Waals surface area (Å²) in [6.07, 6.45) is 0. The minimum atomic E-state index is -1.99. The summed E-state index contributed by atoms with van der Waals surface area (Å²) in [4.78, 5) is 6.27. The van der Waals surface area contributed by atoms with Gasteiger partial charge in [-0.25, -0.2) is 0 Å². The predicted molar refractivity (Wildman–Crippen MR) is 88.5 cm³/mol. The van der Waals surface area contributed by atoms with Gasteiger partial charge in [-0.3, -0.25) is 0 Å². The molecule has 0 saturated carbocycles. The molecule has 0 bridgehead atoms. The molecule has 0 aromatic heterocycles. The first-order chi connectivity index (χ1) is 8.91. The van der Waals surface area contributed by atoms with E-state index in [2.05, 4.69) is 14.7 Å². The Morgan fingerprint density at radius 3 is 1.10 bits per heavy atom. The molecule has 0 radical (unpaired) electrons. The molecule has 6 nitrogen and oxygen atoms in total. The van der Waals surface area contributed by atoms with Crippen molar-refractivity contribution in [3.63, 3.8) is 0 Å². The van der Waals surface area contributed by atoms with Crippen LogP contribution >= 0.6 is 0 Å². The average molecular weight is 317 g/mol. The van der Waals surface area contributed by atoms with Crippen LogP contribution in [0.4, 0.5) is 0 Å². The van der Waals surface area contributed by atoms with E-state index in [1.54, 1.807) is 0 Å². The third-order valence-electron chi connectivity index (χ3n) is 2.38. The summed E-state index contributed by atoms with van der Waals surface area (Å²) >= 11 is -1.99. The minimum absolute atomic E-state index is 0. The van der Waals surface area contributed by atoms with Gasteiger partial charge in [0, 0.05) is 40.9 Å². The van der Waals surface area contributed by atoms with Gasteiger partial charge in [-0.05, 0) is 42.3 Å². The predicted octanol–water partition coefficient (Wildman–Crippen LogP) is -0.697. The van der Waals surface area contributed by atoms with Crippen molar-refractivity contribution in [2.45, 2.75) is 0 Å². The molecule has 0 heterocycles. The fraction of sp³-hybridized carbons (Fsp3) is 1.00. The monoisotopic (exact) mass is 317 g/mol. The Hall–Kier alpha value is 1.29. The van der Waals surface area contributed by atoms with E-state index in [4.69, 9.17) is 11.4 Å². The van der Waals surface area contributed by atoms with Crippen LogP contribution in [0.5, 0.6) is 0 Å². The number of rotatable bonds is 12. The summed E-state index contributed by atoms with van der Waals surface area (Å²) in [5.74, 6) is 0. The standard InChI is InChI=1S/3C4H10NO.Al.Na.H2.H/c3*1-5(2)3-4-6;;;;/h3*3-4H2,1-2H3;;;1H;/q3*-1;+3;;;. The van der Waals surface area contributed by atoms with Crippen LogP contribution in [-0.4, -0.2) is 141 Å². The molecule has 0 fully saturated rings. The summed E-state index contributed by atoms with van der Waals surface area (Å²) in [7, 11) is 12.2. The van der Waals surface area contributed by atoms with Crippen LogP contribution < -0.4 is 0 Å². The van der Waals surface area contributed by atoms with Crippen molar-refractivity contribution in [3.05, 3.63) is 0 Å². The van der Waals surface area contributed by atoms with Crippen LogP contribution in [0.3, 0.4) is 0 Å². The molecular weight excluding hydrogens is 284 g/mol. The van der Waals surface area contributed by atoms with Gasteiger partial charge in [0.05, 0.1) is 0 Å². The van der Waals surface area contributed by atoms with Gasteiger partial charge in [0.25, 0.3) is 0 Å². The number of hydrogen-bond acceptors (Lipinski definition) is 6. The van der Waals surface area contributed by atoms with Crippen molar-refractivity contribution < 1.29 is 12.8 Å². The molecule has 0 aliphatic rings. The Kier molecular flexibility index (Phi) is 17.9. The van der Waals surface area contributed by atoms with E-state index >= 15 is 0 Å². The summed E-state index contributed by atoms with van der Waals surface area (Å²) in [5, 5.41) is 0. The maximum absolute atomic E-state index is 5.73. The first-order valence-corrected chi connectivity index (χ1v) is 8.12. The number of hydrogen-bond donors (Lipinski definition) is 0. The molecule has 8 heteroatoms. The molecule has 0 N–H and O–H groups in total. The molecule has 0 saturated heterocycles. The van der Waals surface area contributed by atoms with Crippen LogP contribution in [0.2, 0.25) is 0 Å². The number of nitrogens with zero attached hydrogens (tertiary/aromatic N) is 3. The quantitative estimate of drug-likeness (QED) is 0.443. The van der Waals surface area contributed by atoms with Crippen molar-refractivity contribution in [2.24, 2.45) is 0 Å². The van der Waals surface area contributed by atoms with E-state index in [-0.39, 0.29) is 31.0 Å². The topological polar surface area (TPSA) is 37.4 Å². The molecule has 0 amide bonds. The van der Waals surface area contributed by atoms with Gasteiger partial charge < -0.3 is 26.1 Å². The zero-order valence-corrected chi connectivity index (χ0v) is 14.5.